The fraction of sp³-hybridized carbons (Fsp3) is 0.412. The van der Waals surface area contributed by atoms with Crippen molar-refractivity contribution < 1.29 is 23.8 Å². The Labute approximate surface area is 142 Å². The Bertz CT molecular complexity index is 795. The van der Waals surface area contributed by atoms with Gasteiger partial charge < -0.3 is 15.2 Å². The van der Waals surface area contributed by atoms with Crippen molar-refractivity contribution in [3.8, 4) is 0 Å². The number of hydrogen-bond acceptors (Lipinski definition) is 4. The Morgan fingerprint density at radius 1 is 1.38 bits per heavy atom. The molecular formula is C17H18FNO4S. The lowest BCUT2D eigenvalue weighted by Crippen LogP contribution is -2.46. The summed E-state index contributed by atoms with van der Waals surface area (Å²) >= 11 is 1.22. The molecule has 5 nitrogen and oxygen atoms in total. The number of benzene rings is 1. The van der Waals surface area contributed by atoms with Gasteiger partial charge in [0, 0.05) is 24.5 Å². The first-order valence-corrected chi connectivity index (χ1v) is 8.53. The monoisotopic (exact) mass is 351 g/mol. The summed E-state index contributed by atoms with van der Waals surface area (Å²) in [7, 11) is 0. The molecule has 1 fully saturated rings. The highest BCUT2D eigenvalue weighted by Crippen LogP contribution is 2.33. The van der Waals surface area contributed by atoms with Crippen LogP contribution in [0.1, 0.15) is 28.1 Å². The number of fused-ring (bicyclic) bond motifs is 1. The summed E-state index contributed by atoms with van der Waals surface area (Å²) in [4.78, 5) is 24.6. The van der Waals surface area contributed by atoms with Gasteiger partial charge in [0.2, 0.25) is 0 Å². The van der Waals surface area contributed by atoms with Crippen molar-refractivity contribution in [2.45, 2.75) is 19.8 Å². The van der Waals surface area contributed by atoms with Crippen LogP contribution in [0.4, 0.5) is 4.39 Å². The third kappa shape index (κ3) is 3.01. The second kappa shape index (κ2) is 6.49. The van der Waals surface area contributed by atoms with Crippen molar-refractivity contribution in [2.24, 2.45) is 5.41 Å². The van der Waals surface area contributed by atoms with E-state index in [1.54, 1.807) is 6.07 Å². The number of hydrogen-bond donors (Lipinski definition) is 2. The molecule has 7 heteroatoms. The van der Waals surface area contributed by atoms with Crippen molar-refractivity contribution in [3.63, 3.8) is 0 Å². The van der Waals surface area contributed by atoms with Gasteiger partial charge in [-0.05, 0) is 42.8 Å². The first kappa shape index (κ1) is 16.9. The lowest BCUT2D eigenvalue weighted by Gasteiger charge is -2.33. The standard InChI is InChI=1S/C17H18FNO4S/c1-10-12-3-2-11(18)8-13(12)24-14(10)15(20)19-9-17(16(21)22)4-6-23-7-5-17/h2-3,8H,4-7,9H2,1H3,(H,19,20)(H,21,22). The van der Waals surface area contributed by atoms with Crippen molar-refractivity contribution in [3.05, 3.63) is 34.5 Å². The zero-order chi connectivity index (χ0) is 17.3. The van der Waals surface area contributed by atoms with Gasteiger partial charge in [0.1, 0.15) is 5.82 Å². The molecule has 1 amide bonds. The minimum atomic E-state index is -0.982. The normalized spacial score (nSPS) is 16.9. The Morgan fingerprint density at radius 3 is 2.75 bits per heavy atom. The summed E-state index contributed by atoms with van der Waals surface area (Å²) < 4.78 is 19.3. The smallest absolute Gasteiger partial charge is 0.311 e. The summed E-state index contributed by atoms with van der Waals surface area (Å²) in [5, 5.41) is 13.1. The quantitative estimate of drug-likeness (QED) is 0.888. The van der Waals surface area contributed by atoms with Gasteiger partial charge in [0.25, 0.3) is 5.91 Å². The number of carboxylic acid groups (broad SMARTS) is 1. The Morgan fingerprint density at radius 2 is 2.08 bits per heavy atom. The number of thiophene rings is 1. The average molecular weight is 351 g/mol. The number of aryl methyl sites for hydroxylation is 1. The SMILES string of the molecule is Cc1c(C(=O)NCC2(C(=O)O)CCOCC2)sc2cc(F)ccc12. The van der Waals surface area contributed by atoms with E-state index < -0.39 is 11.4 Å². The molecule has 0 unspecified atom stereocenters. The van der Waals surface area contributed by atoms with Crippen molar-refractivity contribution in [2.75, 3.05) is 19.8 Å². The van der Waals surface area contributed by atoms with E-state index in [4.69, 9.17) is 4.74 Å². The fourth-order valence-corrected chi connectivity index (χ4v) is 4.12. The highest BCUT2D eigenvalue weighted by Gasteiger charge is 2.40. The largest absolute Gasteiger partial charge is 0.481 e. The van der Waals surface area contributed by atoms with Crippen LogP contribution in [0.3, 0.4) is 0 Å². The number of carboxylic acids is 1. The molecule has 0 bridgehead atoms. The van der Waals surface area contributed by atoms with Crippen molar-refractivity contribution in [1.82, 2.24) is 5.32 Å². The van der Waals surface area contributed by atoms with E-state index in [2.05, 4.69) is 5.32 Å². The molecule has 128 valence electrons. The lowest BCUT2D eigenvalue weighted by molar-refractivity contribution is -0.154. The Balaban J connectivity index is 1.80. The summed E-state index contributed by atoms with van der Waals surface area (Å²) in [6, 6.07) is 4.43. The number of rotatable bonds is 4. The molecule has 1 saturated heterocycles. The second-order valence-corrected chi connectivity index (χ2v) is 7.13. The van der Waals surface area contributed by atoms with Crippen molar-refractivity contribution in [1.29, 1.82) is 0 Å². The molecule has 24 heavy (non-hydrogen) atoms. The number of aliphatic carboxylic acids is 1. The minimum absolute atomic E-state index is 0.0621. The first-order chi connectivity index (χ1) is 11.4. The molecule has 3 rings (SSSR count). The summed E-state index contributed by atoms with van der Waals surface area (Å²) in [5.41, 5.74) is -0.200. The van der Waals surface area contributed by atoms with Gasteiger partial charge in [-0.2, -0.15) is 0 Å². The van der Waals surface area contributed by atoms with Crippen LogP contribution < -0.4 is 5.32 Å². The maximum absolute atomic E-state index is 13.3. The summed E-state index contributed by atoms with van der Waals surface area (Å²) in [5.74, 6) is -1.58. The molecule has 2 heterocycles. The summed E-state index contributed by atoms with van der Waals surface area (Å²) in [6.45, 7) is 2.63. The van der Waals surface area contributed by atoms with E-state index in [0.29, 0.717) is 35.6 Å². The fourth-order valence-electron chi connectivity index (χ4n) is 2.97. The molecular weight excluding hydrogens is 333 g/mol. The van der Waals surface area contributed by atoms with Crippen LogP contribution in [-0.4, -0.2) is 36.7 Å². The van der Waals surface area contributed by atoms with Gasteiger partial charge in [0.05, 0.1) is 10.3 Å². The number of halogens is 1. The molecule has 2 N–H and O–H groups in total. The van der Waals surface area contributed by atoms with Gasteiger partial charge in [0.15, 0.2) is 0 Å². The van der Waals surface area contributed by atoms with Crippen LogP contribution in [0, 0.1) is 18.2 Å². The van der Waals surface area contributed by atoms with Crippen LogP contribution in [0.25, 0.3) is 10.1 Å². The predicted molar refractivity (Wildman–Crippen MR) is 89.0 cm³/mol. The maximum Gasteiger partial charge on any atom is 0.311 e. The zero-order valence-electron chi connectivity index (χ0n) is 13.2. The molecule has 1 aromatic heterocycles. The molecule has 0 saturated carbocycles. The second-order valence-electron chi connectivity index (χ2n) is 6.08. The van der Waals surface area contributed by atoms with Gasteiger partial charge >= 0.3 is 5.97 Å². The molecule has 0 aliphatic carbocycles. The molecule has 1 aliphatic heterocycles. The van der Waals surface area contributed by atoms with E-state index >= 15 is 0 Å². The Hall–Kier alpha value is -1.99. The third-order valence-electron chi connectivity index (χ3n) is 4.60. The van der Waals surface area contributed by atoms with Gasteiger partial charge in [-0.25, -0.2) is 4.39 Å². The van der Waals surface area contributed by atoms with E-state index in [9.17, 15) is 19.1 Å². The molecule has 0 atom stereocenters. The van der Waals surface area contributed by atoms with E-state index in [1.807, 2.05) is 6.92 Å². The van der Waals surface area contributed by atoms with Crippen LogP contribution in [-0.2, 0) is 9.53 Å². The topological polar surface area (TPSA) is 75.6 Å². The number of amides is 1. The van der Waals surface area contributed by atoms with Gasteiger partial charge in [-0.15, -0.1) is 11.3 Å². The lowest BCUT2D eigenvalue weighted by atomic mass is 9.80. The van der Waals surface area contributed by atoms with Gasteiger partial charge in [-0.3, -0.25) is 9.59 Å². The number of ether oxygens (including phenoxy) is 1. The maximum atomic E-state index is 13.3. The minimum Gasteiger partial charge on any atom is -0.481 e. The number of carbonyl (C=O) groups is 2. The first-order valence-electron chi connectivity index (χ1n) is 7.71. The number of carbonyl (C=O) groups excluding carboxylic acids is 1. The Kier molecular flexibility index (Phi) is 4.56. The zero-order valence-corrected chi connectivity index (χ0v) is 14.0. The van der Waals surface area contributed by atoms with Crippen LogP contribution >= 0.6 is 11.3 Å². The third-order valence-corrected chi connectivity index (χ3v) is 5.85. The van der Waals surface area contributed by atoms with E-state index in [-0.39, 0.29) is 18.3 Å². The molecule has 0 radical (unpaired) electrons. The summed E-state index contributed by atoms with van der Waals surface area (Å²) in [6.07, 6.45) is 0.748. The van der Waals surface area contributed by atoms with Crippen LogP contribution in [0.2, 0.25) is 0 Å². The van der Waals surface area contributed by atoms with E-state index in [1.165, 1.54) is 23.5 Å². The average Bonchev–Trinajstić information content (AvgIpc) is 2.89. The highest BCUT2D eigenvalue weighted by atomic mass is 32.1. The van der Waals surface area contributed by atoms with Crippen LogP contribution in [0.15, 0.2) is 18.2 Å². The van der Waals surface area contributed by atoms with Crippen LogP contribution in [0.5, 0.6) is 0 Å². The predicted octanol–water partition coefficient (Wildman–Crippen LogP) is 2.96. The molecule has 2 aromatic rings. The molecule has 0 spiro atoms. The molecule has 1 aliphatic rings. The van der Waals surface area contributed by atoms with Crippen molar-refractivity contribution >= 4 is 33.3 Å². The number of nitrogens with one attached hydrogen (secondary N) is 1. The van der Waals surface area contributed by atoms with Gasteiger partial charge in [-0.1, -0.05) is 6.07 Å². The highest BCUT2D eigenvalue weighted by molar-refractivity contribution is 7.21. The molecule has 1 aromatic carbocycles. The van der Waals surface area contributed by atoms with E-state index in [0.717, 1.165) is 10.9 Å².